The van der Waals surface area contributed by atoms with Gasteiger partial charge in [0, 0.05) is 6.92 Å². The molecule has 80 valence electrons. The van der Waals surface area contributed by atoms with Gasteiger partial charge in [-0.1, -0.05) is 13.0 Å². The Hall–Kier alpha value is -1.05. The Bertz CT molecular complexity index is 216. The predicted molar refractivity (Wildman–Crippen MR) is 58.7 cm³/mol. The largest absolute Gasteiger partial charge is 0.435 e. The topological polar surface area (TPSA) is 26.3 Å². The van der Waals surface area contributed by atoms with E-state index in [4.69, 9.17) is 4.74 Å². The van der Waals surface area contributed by atoms with Crippen molar-refractivity contribution in [3.63, 3.8) is 0 Å². The van der Waals surface area contributed by atoms with Crippen molar-refractivity contribution in [3.05, 3.63) is 24.5 Å². The number of hydrogen-bond acceptors (Lipinski definition) is 2. The summed E-state index contributed by atoms with van der Waals surface area (Å²) in [5.74, 6) is 0.386. The molecule has 0 aromatic rings. The maximum atomic E-state index is 10.5. The van der Waals surface area contributed by atoms with E-state index in [1.54, 1.807) is 6.26 Å². The Morgan fingerprint density at radius 2 is 2.14 bits per heavy atom. The molecule has 0 bridgehead atoms. The summed E-state index contributed by atoms with van der Waals surface area (Å²) < 4.78 is 4.77. The molecule has 0 heterocycles. The van der Waals surface area contributed by atoms with Gasteiger partial charge in [0.2, 0.25) is 0 Å². The van der Waals surface area contributed by atoms with Crippen LogP contribution in [0.4, 0.5) is 0 Å². The van der Waals surface area contributed by atoms with Crippen LogP contribution in [0.1, 0.15) is 40.0 Å². The summed E-state index contributed by atoms with van der Waals surface area (Å²) in [6.45, 7) is 9.28. The summed E-state index contributed by atoms with van der Waals surface area (Å²) in [5, 5.41) is 0. The lowest BCUT2D eigenvalue weighted by Gasteiger charge is -2.07. The average molecular weight is 196 g/mol. The Morgan fingerprint density at radius 1 is 1.50 bits per heavy atom. The predicted octanol–water partition coefficient (Wildman–Crippen LogP) is 3.45. The molecule has 0 radical (unpaired) electrons. The minimum Gasteiger partial charge on any atom is -0.435 e. The molecule has 0 aliphatic heterocycles. The molecule has 2 heteroatoms. The summed E-state index contributed by atoms with van der Waals surface area (Å²) in [6.07, 6.45) is 6.61. The number of carbonyl (C=O) groups is 1. The fourth-order valence-electron chi connectivity index (χ4n) is 1.12. The van der Waals surface area contributed by atoms with Gasteiger partial charge in [-0.05, 0) is 37.7 Å². The fourth-order valence-corrected chi connectivity index (χ4v) is 1.12. The highest BCUT2D eigenvalue weighted by atomic mass is 16.5. The van der Waals surface area contributed by atoms with Gasteiger partial charge >= 0.3 is 5.97 Å². The van der Waals surface area contributed by atoms with Gasteiger partial charge in [0.1, 0.15) is 0 Å². The molecule has 0 N–H and O–H groups in total. The summed E-state index contributed by atoms with van der Waals surface area (Å²) >= 11 is 0. The van der Waals surface area contributed by atoms with Crippen molar-refractivity contribution < 1.29 is 9.53 Å². The minimum atomic E-state index is -0.261. The average Bonchev–Trinajstić information content (AvgIpc) is 2.12. The minimum absolute atomic E-state index is 0.261. The van der Waals surface area contributed by atoms with Gasteiger partial charge in [-0.3, -0.25) is 4.79 Å². The van der Waals surface area contributed by atoms with Crippen molar-refractivity contribution in [2.75, 3.05) is 0 Å². The SMILES string of the molecule is C=CCC(C)CC/C(C)=C/OC(C)=O. The molecule has 0 aliphatic carbocycles. The van der Waals surface area contributed by atoms with Crippen LogP contribution in [-0.4, -0.2) is 5.97 Å². The van der Waals surface area contributed by atoms with Crippen molar-refractivity contribution in [1.82, 2.24) is 0 Å². The first-order valence-electron chi connectivity index (χ1n) is 5.00. The number of esters is 1. The molecule has 1 atom stereocenters. The zero-order valence-electron chi connectivity index (χ0n) is 9.38. The van der Waals surface area contributed by atoms with Crippen LogP contribution in [0.25, 0.3) is 0 Å². The van der Waals surface area contributed by atoms with Crippen molar-refractivity contribution in [2.45, 2.75) is 40.0 Å². The first-order valence-corrected chi connectivity index (χ1v) is 5.00. The maximum Gasteiger partial charge on any atom is 0.307 e. The van der Waals surface area contributed by atoms with E-state index in [2.05, 4.69) is 13.5 Å². The second kappa shape index (κ2) is 7.36. The molecular weight excluding hydrogens is 176 g/mol. The fraction of sp³-hybridized carbons (Fsp3) is 0.583. The zero-order valence-corrected chi connectivity index (χ0v) is 9.38. The highest BCUT2D eigenvalue weighted by Gasteiger charge is 2.00. The van der Waals surface area contributed by atoms with Crippen LogP contribution in [0.3, 0.4) is 0 Å². The summed E-state index contributed by atoms with van der Waals surface area (Å²) in [7, 11) is 0. The molecule has 0 rings (SSSR count). The number of ether oxygens (including phenoxy) is 1. The van der Waals surface area contributed by atoms with Crippen LogP contribution < -0.4 is 0 Å². The Balaban J connectivity index is 3.71. The van der Waals surface area contributed by atoms with E-state index in [1.165, 1.54) is 6.92 Å². The number of hydrogen-bond donors (Lipinski definition) is 0. The van der Waals surface area contributed by atoms with E-state index >= 15 is 0 Å². The summed E-state index contributed by atoms with van der Waals surface area (Å²) in [4.78, 5) is 10.5. The highest BCUT2D eigenvalue weighted by Crippen LogP contribution is 2.14. The van der Waals surface area contributed by atoms with E-state index in [9.17, 15) is 4.79 Å². The third-order valence-corrected chi connectivity index (χ3v) is 2.03. The molecule has 0 amide bonds. The summed E-state index contributed by atoms with van der Waals surface area (Å²) in [6, 6.07) is 0. The lowest BCUT2D eigenvalue weighted by atomic mass is 9.99. The van der Waals surface area contributed by atoms with Gasteiger partial charge in [0.25, 0.3) is 0 Å². The van der Waals surface area contributed by atoms with Gasteiger partial charge in [-0.15, -0.1) is 6.58 Å². The van der Waals surface area contributed by atoms with Gasteiger partial charge < -0.3 is 4.74 Å². The number of rotatable bonds is 6. The second-order valence-electron chi connectivity index (χ2n) is 3.74. The molecular formula is C12H20O2. The summed E-state index contributed by atoms with van der Waals surface area (Å²) in [5.41, 5.74) is 1.11. The first kappa shape index (κ1) is 12.9. The van der Waals surface area contributed by atoms with Gasteiger partial charge in [0.05, 0.1) is 6.26 Å². The van der Waals surface area contributed by atoms with E-state index < -0.39 is 0 Å². The van der Waals surface area contributed by atoms with Crippen LogP contribution in [0.15, 0.2) is 24.5 Å². The van der Waals surface area contributed by atoms with E-state index in [0.29, 0.717) is 5.92 Å². The number of allylic oxidation sites excluding steroid dienone is 2. The van der Waals surface area contributed by atoms with Crippen LogP contribution in [0.5, 0.6) is 0 Å². The van der Waals surface area contributed by atoms with E-state index in [-0.39, 0.29) is 5.97 Å². The van der Waals surface area contributed by atoms with Crippen LogP contribution >= 0.6 is 0 Å². The third-order valence-electron chi connectivity index (χ3n) is 2.03. The van der Waals surface area contributed by atoms with Crippen LogP contribution in [0, 0.1) is 5.92 Å². The highest BCUT2D eigenvalue weighted by molar-refractivity contribution is 5.66. The molecule has 2 nitrogen and oxygen atoms in total. The second-order valence-corrected chi connectivity index (χ2v) is 3.74. The Labute approximate surface area is 86.6 Å². The number of carbonyl (C=O) groups excluding carboxylic acids is 1. The van der Waals surface area contributed by atoms with Crippen molar-refractivity contribution in [1.29, 1.82) is 0 Å². The molecule has 0 aromatic heterocycles. The van der Waals surface area contributed by atoms with Gasteiger partial charge in [0.15, 0.2) is 0 Å². The van der Waals surface area contributed by atoms with E-state index in [1.807, 2.05) is 13.0 Å². The molecule has 0 aromatic carbocycles. The third kappa shape index (κ3) is 7.59. The molecule has 0 saturated carbocycles. The van der Waals surface area contributed by atoms with Gasteiger partial charge in [-0.2, -0.15) is 0 Å². The Morgan fingerprint density at radius 3 is 2.64 bits per heavy atom. The molecule has 0 saturated heterocycles. The smallest absolute Gasteiger partial charge is 0.307 e. The first-order chi connectivity index (χ1) is 6.56. The lowest BCUT2D eigenvalue weighted by Crippen LogP contribution is -1.95. The molecule has 0 aliphatic rings. The molecule has 1 unspecified atom stereocenters. The quantitative estimate of drug-likeness (QED) is 0.369. The molecule has 0 fully saturated rings. The van der Waals surface area contributed by atoms with Crippen LogP contribution in [-0.2, 0) is 9.53 Å². The van der Waals surface area contributed by atoms with Crippen molar-refractivity contribution >= 4 is 5.97 Å². The molecule has 0 spiro atoms. The zero-order chi connectivity index (χ0) is 11.0. The molecule has 14 heavy (non-hydrogen) atoms. The monoisotopic (exact) mass is 196 g/mol. The standard InChI is InChI=1S/C12H20O2/c1-5-6-10(2)7-8-11(3)9-14-12(4)13/h5,9-10H,1,6-8H2,2-4H3/b11-9+. The van der Waals surface area contributed by atoms with Crippen molar-refractivity contribution in [2.24, 2.45) is 5.92 Å². The van der Waals surface area contributed by atoms with Crippen molar-refractivity contribution in [3.8, 4) is 0 Å². The normalized spacial score (nSPS) is 13.5. The maximum absolute atomic E-state index is 10.5. The lowest BCUT2D eigenvalue weighted by molar-refractivity contribution is -0.135. The Kier molecular flexibility index (Phi) is 6.81. The van der Waals surface area contributed by atoms with Gasteiger partial charge in [-0.25, -0.2) is 0 Å². The van der Waals surface area contributed by atoms with E-state index in [0.717, 1.165) is 24.8 Å². The van der Waals surface area contributed by atoms with Crippen LogP contribution in [0.2, 0.25) is 0 Å².